The van der Waals surface area contributed by atoms with E-state index in [9.17, 15) is 4.79 Å². The number of rotatable bonds is 4. The summed E-state index contributed by atoms with van der Waals surface area (Å²) in [5.74, 6) is -0.0982. The molecule has 1 atom stereocenters. The summed E-state index contributed by atoms with van der Waals surface area (Å²) in [7, 11) is 0. The number of aliphatic hydroxyl groups is 1. The maximum atomic E-state index is 11.3. The molecule has 4 heteroatoms. The molecule has 1 unspecified atom stereocenters. The molecule has 1 aromatic rings. The number of aromatic nitrogens is 1. The molecule has 0 aliphatic rings. The van der Waals surface area contributed by atoms with Crippen molar-refractivity contribution in [3.8, 4) is 0 Å². The minimum absolute atomic E-state index is 0.0982. The van der Waals surface area contributed by atoms with Gasteiger partial charge in [-0.15, -0.1) is 0 Å². The Morgan fingerprint density at radius 1 is 1.71 bits per heavy atom. The molecule has 1 rings (SSSR count). The Labute approximate surface area is 83.0 Å². The van der Waals surface area contributed by atoms with Gasteiger partial charge in [0.1, 0.15) is 0 Å². The first kappa shape index (κ1) is 10.7. The molecule has 0 radical (unpaired) electrons. The number of hydrogen-bond donors (Lipinski definition) is 2. The van der Waals surface area contributed by atoms with Crippen LogP contribution in [-0.4, -0.2) is 22.1 Å². The lowest BCUT2D eigenvalue weighted by Gasteiger charge is -2.05. The van der Waals surface area contributed by atoms with Crippen LogP contribution in [0.5, 0.6) is 0 Å². The van der Waals surface area contributed by atoms with E-state index in [0.717, 1.165) is 0 Å². The number of carbonyl (C=O) groups is 1. The van der Waals surface area contributed by atoms with E-state index in [-0.39, 0.29) is 5.91 Å². The zero-order chi connectivity index (χ0) is 10.4. The zero-order valence-electron chi connectivity index (χ0n) is 8.10. The number of nitrogens with zero attached hydrogens (tertiary/aromatic N) is 1. The summed E-state index contributed by atoms with van der Waals surface area (Å²) in [6.45, 7) is 1.66. The van der Waals surface area contributed by atoms with Crippen LogP contribution in [0.15, 0.2) is 24.5 Å². The minimum atomic E-state index is -0.436. The molecule has 14 heavy (non-hydrogen) atoms. The molecule has 0 bridgehead atoms. The molecule has 0 aromatic carbocycles. The van der Waals surface area contributed by atoms with Gasteiger partial charge in [-0.1, -0.05) is 0 Å². The third-order valence-corrected chi connectivity index (χ3v) is 1.73. The quantitative estimate of drug-likeness (QED) is 0.756. The molecule has 2 N–H and O–H groups in total. The predicted octanol–water partition coefficient (Wildman–Crippen LogP) is 1.18. The molecular formula is C10H14N2O2. The molecule has 4 nitrogen and oxygen atoms in total. The second kappa shape index (κ2) is 5.34. The summed E-state index contributed by atoms with van der Waals surface area (Å²) in [5.41, 5.74) is 0.683. The van der Waals surface area contributed by atoms with Gasteiger partial charge in [0.25, 0.3) is 0 Å². The van der Waals surface area contributed by atoms with Gasteiger partial charge in [-0.25, -0.2) is 0 Å². The van der Waals surface area contributed by atoms with Crippen molar-refractivity contribution in [1.29, 1.82) is 0 Å². The van der Waals surface area contributed by atoms with Gasteiger partial charge >= 0.3 is 0 Å². The van der Waals surface area contributed by atoms with Gasteiger partial charge in [0, 0.05) is 12.6 Å². The summed E-state index contributed by atoms with van der Waals surface area (Å²) < 4.78 is 0. The van der Waals surface area contributed by atoms with Crippen molar-refractivity contribution in [2.24, 2.45) is 0 Å². The van der Waals surface area contributed by atoms with Gasteiger partial charge in [0.05, 0.1) is 18.0 Å². The number of carbonyl (C=O) groups excluding carboxylic acids is 1. The summed E-state index contributed by atoms with van der Waals surface area (Å²) >= 11 is 0. The van der Waals surface area contributed by atoms with Gasteiger partial charge in [-0.3, -0.25) is 9.78 Å². The maximum absolute atomic E-state index is 11.3. The third kappa shape index (κ3) is 4.00. The SMILES string of the molecule is CC(O)CCC(=O)Nc1cccnc1. The van der Waals surface area contributed by atoms with E-state index in [1.165, 1.54) is 0 Å². The van der Waals surface area contributed by atoms with Crippen LogP contribution < -0.4 is 5.32 Å². The first-order chi connectivity index (χ1) is 6.68. The first-order valence-electron chi connectivity index (χ1n) is 4.56. The highest BCUT2D eigenvalue weighted by Crippen LogP contribution is 2.04. The van der Waals surface area contributed by atoms with Crippen molar-refractivity contribution in [2.45, 2.75) is 25.9 Å². The average Bonchev–Trinajstić information content (AvgIpc) is 2.16. The minimum Gasteiger partial charge on any atom is -0.393 e. The Morgan fingerprint density at radius 2 is 2.50 bits per heavy atom. The molecule has 1 aromatic heterocycles. The highest BCUT2D eigenvalue weighted by atomic mass is 16.3. The van der Waals surface area contributed by atoms with E-state index in [4.69, 9.17) is 5.11 Å². The topological polar surface area (TPSA) is 62.2 Å². The van der Waals surface area contributed by atoms with Gasteiger partial charge in [0.2, 0.25) is 5.91 Å². The van der Waals surface area contributed by atoms with Crippen LogP contribution in [0.4, 0.5) is 5.69 Å². The maximum Gasteiger partial charge on any atom is 0.224 e. The van der Waals surface area contributed by atoms with Crippen molar-refractivity contribution >= 4 is 11.6 Å². The fourth-order valence-corrected chi connectivity index (χ4v) is 1.00. The van der Waals surface area contributed by atoms with Crippen molar-refractivity contribution in [3.05, 3.63) is 24.5 Å². The van der Waals surface area contributed by atoms with Crippen molar-refractivity contribution < 1.29 is 9.90 Å². The molecule has 0 aliphatic carbocycles. The summed E-state index contributed by atoms with van der Waals surface area (Å²) in [6, 6.07) is 3.53. The zero-order valence-corrected chi connectivity index (χ0v) is 8.10. The van der Waals surface area contributed by atoms with Crippen molar-refractivity contribution in [1.82, 2.24) is 4.98 Å². The van der Waals surface area contributed by atoms with E-state index in [1.807, 2.05) is 0 Å². The monoisotopic (exact) mass is 194 g/mol. The van der Waals surface area contributed by atoms with Gasteiger partial charge in [-0.05, 0) is 25.5 Å². The Balaban J connectivity index is 2.35. The molecule has 0 fully saturated rings. The first-order valence-corrected chi connectivity index (χ1v) is 4.56. The lowest BCUT2D eigenvalue weighted by molar-refractivity contribution is -0.116. The lowest BCUT2D eigenvalue weighted by Crippen LogP contribution is -2.14. The van der Waals surface area contributed by atoms with Crippen LogP contribution in [0.25, 0.3) is 0 Å². The fraction of sp³-hybridized carbons (Fsp3) is 0.400. The largest absolute Gasteiger partial charge is 0.393 e. The standard InChI is InChI=1S/C10H14N2O2/c1-8(13)4-5-10(14)12-9-3-2-6-11-7-9/h2-3,6-8,13H,4-5H2,1H3,(H,12,14). The number of nitrogens with one attached hydrogen (secondary N) is 1. The lowest BCUT2D eigenvalue weighted by atomic mass is 10.2. The normalized spacial score (nSPS) is 12.1. The van der Waals surface area contributed by atoms with E-state index in [1.54, 1.807) is 31.5 Å². The second-order valence-electron chi connectivity index (χ2n) is 3.18. The number of amides is 1. The summed E-state index contributed by atoms with van der Waals surface area (Å²) in [6.07, 6.45) is 3.60. The highest BCUT2D eigenvalue weighted by molar-refractivity contribution is 5.90. The van der Waals surface area contributed by atoms with E-state index < -0.39 is 6.10 Å². The van der Waals surface area contributed by atoms with Crippen LogP contribution in [0.3, 0.4) is 0 Å². The molecule has 0 spiro atoms. The summed E-state index contributed by atoms with van der Waals surface area (Å²) in [4.78, 5) is 15.1. The van der Waals surface area contributed by atoms with E-state index >= 15 is 0 Å². The smallest absolute Gasteiger partial charge is 0.224 e. The third-order valence-electron chi connectivity index (χ3n) is 1.73. The molecule has 0 aliphatic heterocycles. The summed E-state index contributed by atoms with van der Waals surface area (Å²) in [5, 5.41) is 11.7. The highest BCUT2D eigenvalue weighted by Gasteiger charge is 2.04. The average molecular weight is 194 g/mol. The predicted molar refractivity (Wildman–Crippen MR) is 53.8 cm³/mol. The number of anilines is 1. The van der Waals surface area contributed by atoms with Crippen LogP contribution in [0, 0.1) is 0 Å². The number of pyridine rings is 1. The van der Waals surface area contributed by atoms with Crippen LogP contribution in [0.1, 0.15) is 19.8 Å². The molecular weight excluding hydrogens is 180 g/mol. The number of aliphatic hydroxyl groups excluding tert-OH is 1. The molecule has 1 amide bonds. The molecule has 0 saturated heterocycles. The van der Waals surface area contributed by atoms with Crippen molar-refractivity contribution in [3.63, 3.8) is 0 Å². The number of hydrogen-bond acceptors (Lipinski definition) is 3. The van der Waals surface area contributed by atoms with E-state index in [2.05, 4.69) is 10.3 Å². The molecule has 1 heterocycles. The Morgan fingerprint density at radius 3 is 3.07 bits per heavy atom. The van der Waals surface area contributed by atoms with Crippen LogP contribution >= 0.6 is 0 Å². The second-order valence-corrected chi connectivity index (χ2v) is 3.18. The molecule has 76 valence electrons. The van der Waals surface area contributed by atoms with Gasteiger partial charge < -0.3 is 10.4 Å². The van der Waals surface area contributed by atoms with Gasteiger partial charge in [-0.2, -0.15) is 0 Å². The van der Waals surface area contributed by atoms with Gasteiger partial charge in [0.15, 0.2) is 0 Å². The van der Waals surface area contributed by atoms with Crippen LogP contribution in [0.2, 0.25) is 0 Å². The Kier molecular flexibility index (Phi) is 4.07. The Hall–Kier alpha value is -1.42. The fourth-order valence-electron chi connectivity index (χ4n) is 1.00. The Bertz CT molecular complexity index is 285. The van der Waals surface area contributed by atoms with E-state index in [0.29, 0.717) is 18.5 Å². The van der Waals surface area contributed by atoms with Crippen LogP contribution in [-0.2, 0) is 4.79 Å². The van der Waals surface area contributed by atoms with Crippen molar-refractivity contribution in [2.75, 3.05) is 5.32 Å². The molecule has 0 saturated carbocycles.